The Bertz CT molecular complexity index is 339. The molecule has 1 aromatic carbocycles. The number of rotatable bonds is 5. The summed E-state index contributed by atoms with van der Waals surface area (Å²) in [5, 5.41) is 0. The Morgan fingerprint density at radius 3 is 2.75 bits per heavy atom. The van der Waals surface area contributed by atoms with E-state index in [1.54, 1.807) is 0 Å². The van der Waals surface area contributed by atoms with Gasteiger partial charge < -0.3 is 4.74 Å². The van der Waals surface area contributed by atoms with Gasteiger partial charge in [0.15, 0.2) is 0 Å². The Hall–Kier alpha value is -0.630. The van der Waals surface area contributed by atoms with Gasteiger partial charge >= 0.3 is 0 Å². The maximum Gasteiger partial charge on any atom is 0.119 e. The van der Waals surface area contributed by atoms with Gasteiger partial charge in [-0.3, -0.25) is 0 Å². The molecule has 1 nitrogen and oxygen atoms in total. The second-order valence-electron chi connectivity index (χ2n) is 4.80. The van der Waals surface area contributed by atoms with Gasteiger partial charge in [-0.2, -0.15) is 12.6 Å². The number of hydrogen-bond donors (Lipinski definition) is 1. The molecule has 1 aliphatic carbocycles. The predicted molar refractivity (Wildman–Crippen MR) is 71.5 cm³/mol. The normalized spacial score (nSPS) is 17.9. The van der Waals surface area contributed by atoms with Crippen LogP contribution < -0.4 is 4.74 Å². The van der Waals surface area contributed by atoms with Gasteiger partial charge in [-0.05, 0) is 42.7 Å². The molecule has 0 unspecified atom stereocenters. The molecule has 0 amide bonds. The lowest BCUT2D eigenvalue weighted by Gasteiger charge is -2.40. The molecule has 0 heterocycles. The Morgan fingerprint density at radius 2 is 2.19 bits per heavy atom. The summed E-state index contributed by atoms with van der Waals surface area (Å²) in [7, 11) is 0. The molecule has 0 atom stereocenters. The maximum atomic E-state index is 5.90. The summed E-state index contributed by atoms with van der Waals surface area (Å²) >= 11 is 4.44. The molecule has 1 fully saturated rings. The average Bonchev–Trinajstić information content (AvgIpc) is 2.29. The molecule has 0 aliphatic heterocycles. The first-order valence-corrected chi connectivity index (χ1v) is 6.74. The van der Waals surface area contributed by atoms with E-state index in [0.29, 0.717) is 5.41 Å². The van der Waals surface area contributed by atoms with Crippen LogP contribution in [0.3, 0.4) is 0 Å². The summed E-state index contributed by atoms with van der Waals surface area (Å²) in [5.74, 6) is 1.95. The molecule has 88 valence electrons. The summed E-state index contributed by atoms with van der Waals surface area (Å²) in [4.78, 5) is 0. The average molecular weight is 236 g/mol. The van der Waals surface area contributed by atoms with E-state index in [0.717, 1.165) is 24.5 Å². The molecular formula is C14H20OS. The van der Waals surface area contributed by atoms with E-state index >= 15 is 0 Å². The summed E-state index contributed by atoms with van der Waals surface area (Å²) < 4.78 is 5.90. The van der Waals surface area contributed by atoms with Gasteiger partial charge in [0, 0.05) is 5.41 Å². The fourth-order valence-electron chi connectivity index (χ4n) is 2.12. The largest absolute Gasteiger partial charge is 0.493 e. The third kappa shape index (κ3) is 2.54. The van der Waals surface area contributed by atoms with Crippen LogP contribution in [0.25, 0.3) is 0 Å². The van der Waals surface area contributed by atoms with Crippen molar-refractivity contribution in [2.24, 2.45) is 5.41 Å². The van der Waals surface area contributed by atoms with Crippen molar-refractivity contribution in [1.82, 2.24) is 0 Å². The first-order chi connectivity index (χ1) is 7.78. The summed E-state index contributed by atoms with van der Waals surface area (Å²) in [5.41, 5.74) is 1.69. The third-order valence-corrected chi connectivity index (χ3v) is 4.27. The maximum absolute atomic E-state index is 5.90. The Morgan fingerprint density at radius 1 is 1.38 bits per heavy atom. The van der Waals surface area contributed by atoms with Crippen molar-refractivity contribution in [3.05, 3.63) is 29.8 Å². The van der Waals surface area contributed by atoms with Gasteiger partial charge in [0.1, 0.15) is 5.75 Å². The number of ether oxygens (including phenoxy) is 1. The molecule has 1 aliphatic rings. The van der Waals surface area contributed by atoms with Gasteiger partial charge in [-0.1, -0.05) is 25.5 Å². The van der Waals surface area contributed by atoms with Crippen LogP contribution >= 0.6 is 12.6 Å². The van der Waals surface area contributed by atoms with Crippen LogP contribution in [0.4, 0.5) is 0 Å². The van der Waals surface area contributed by atoms with E-state index in [1.807, 2.05) is 6.07 Å². The van der Waals surface area contributed by atoms with Gasteiger partial charge in [0.25, 0.3) is 0 Å². The van der Waals surface area contributed by atoms with Crippen LogP contribution in [0.15, 0.2) is 24.3 Å². The quantitative estimate of drug-likeness (QED) is 0.766. The van der Waals surface area contributed by atoms with Gasteiger partial charge in [0.2, 0.25) is 0 Å². The smallest absolute Gasteiger partial charge is 0.119 e. The van der Waals surface area contributed by atoms with Crippen LogP contribution in [0, 0.1) is 5.41 Å². The monoisotopic (exact) mass is 236 g/mol. The molecular weight excluding hydrogens is 216 g/mol. The fraction of sp³-hybridized carbons (Fsp3) is 0.571. The molecule has 0 saturated heterocycles. The molecule has 2 rings (SSSR count). The van der Waals surface area contributed by atoms with Gasteiger partial charge in [-0.15, -0.1) is 0 Å². The van der Waals surface area contributed by atoms with Crippen LogP contribution in [-0.2, 0) is 6.42 Å². The summed E-state index contributed by atoms with van der Waals surface area (Å²) in [6.45, 7) is 2.99. The fourth-order valence-corrected chi connectivity index (χ4v) is 2.52. The standard InChI is InChI=1S/C14H20OS/c1-2-12-5-3-6-13(9-12)15-10-14(11-16)7-4-8-14/h3,5-6,9,16H,2,4,7-8,10-11H2,1H3. The molecule has 1 saturated carbocycles. The Labute approximate surface area is 104 Å². The zero-order valence-electron chi connectivity index (χ0n) is 9.91. The highest BCUT2D eigenvalue weighted by Gasteiger charge is 2.36. The van der Waals surface area contributed by atoms with E-state index in [4.69, 9.17) is 4.74 Å². The van der Waals surface area contributed by atoms with Crippen molar-refractivity contribution in [3.8, 4) is 5.75 Å². The van der Waals surface area contributed by atoms with E-state index in [1.165, 1.54) is 24.8 Å². The van der Waals surface area contributed by atoms with E-state index in [-0.39, 0.29) is 0 Å². The van der Waals surface area contributed by atoms with E-state index in [9.17, 15) is 0 Å². The Balaban J connectivity index is 1.93. The second kappa shape index (κ2) is 5.13. The highest BCUT2D eigenvalue weighted by atomic mass is 32.1. The van der Waals surface area contributed by atoms with Crippen molar-refractivity contribution in [2.45, 2.75) is 32.6 Å². The van der Waals surface area contributed by atoms with Crippen LogP contribution in [-0.4, -0.2) is 12.4 Å². The number of aryl methyl sites for hydroxylation is 1. The van der Waals surface area contributed by atoms with Crippen molar-refractivity contribution in [1.29, 1.82) is 0 Å². The van der Waals surface area contributed by atoms with E-state index < -0.39 is 0 Å². The molecule has 0 N–H and O–H groups in total. The minimum absolute atomic E-state index is 0.353. The van der Waals surface area contributed by atoms with Crippen molar-refractivity contribution >= 4 is 12.6 Å². The molecule has 1 aromatic rings. The minimum Gasteiger partial charge on any atom is -0.493 e. The minimum atomic E-state index is 0.353. The lowest BCUT2D eigenvalue weighted by Crippen LogP contribution is -2.37. The lowest BCUT2D eigenvalue weighted by atomic mass is 9.71. The molecule has 0 spiro atoms. The van der Waals surface area contributed by atoms with Crippen molar-refractivity contribution in [2.75, 3.05) is 12.4 Å². The first-order valence-electron chi connectivity index (χ1n) is 6.11. The summed E-state index contributed by atoms with van der Waals surface area (Å²) in [6, 6.07) is 8.40. The van der Waals surface area contributed by atoms with Crippen LogP contribution in [0.2, 0.25) is 0 Å². The molecule has 2 heteroatoms. The lowest BCUT2D eigenvalue weighted by molar-refractivity contribution is 0.0829. The highest BCUT2D eigenvalue weighted by Crippen LogP contribution is 2.42. The number of thiol groups is 1. The van der Waals surface area contributed by atoms with E-state index in [2.05, 4.69) is 37.8 Å². The topological polar surface area (TPSA) is 9.23 Å². The predicted octanol–water partition coefficient (Wildman–Crippen LogP) is 3.73. The first kappa shape index (κ1) is 11.8. The highest BCUT2D eigenvalue weighted by molar-refractivity contribution is 7.80. The third-order valence-electron chi connectivity index (χ3n) is 3.60. The number of benzene rings is 1. The molecule has 0 radical (unpaired) electrons. The Kier molecular flexibility index (Phi) is 3.80. The van der Waals surface area contributed by atoms with Gasteiger partial charge in [0.05, 0.1) is 6.61 Å². The molecule has 16 heavy (non-hydrogen) atoms. The molecule has 0 aromatic heterocycles. The van der Waals surface area contributed by atoms with Crippen LogP contribution in [0.5, 0.6) is 5.75 Å². The number of hydrogen-bond acceptors (Lipinski definition) is 2. The molecule has 0 bridgehead atoms. The van der Waals surface area contributed by atoms with Crippen molar-refractivity contribution in [3.63, 3.8) is 0 Å². The zero-order chi connectivity index (χ0) is 11.4. The second-order valence-corrected chi connectivity index (χ2v) is 5.12. The van der Waals surface area contributed by atoms with Crippen molar-refractivity contribution < 1.29 is 4.74 Å². The SMILES string of the molecule is CCc1cccc(OCC2(CS)CCC2)c1. The van der Waals surface area contributed by atoms with Crippen LogP contribution in [0.1, 0.15) is 31.7 Å². The summed E-state index contributed by atoms with van der Waals surface area (Å²) in [6.07, 6.45) is 4.93. The zero-order valence-corrected chi connectivity index (χ0v) is 10.8. The van der Waals surface area contributed by atoms with Gasteiger partial charge in [-0.25, -0.2) is 0 Å².